The number of carbonyl (C=O) groups is 1. The number of nitriles is 1. The monoisotopic (exact) mass is 317 g/mol. The number of hydrogen-bond donors (Lipinski definition) is 3. The maximum atomic E-state index is 12.2. The Morgan fingerprint density at radius 2 is 2.12 bits per heavy atom. The highest BCUT2D eigenvalue weighted by molar-refractivity contribution is 6.06. The van der Waals surface area contributed by atoms with Gasteiger partial charge in [-0.2, -0.15) is 10.4 Å². The molecular formula is C18H15N5O. The number of carbonyl (C=O) groups excluding carboxylic acids is 1. The standard InChI is InChI=1S/C18H15N5O/c1-12-3-2-4-16(7-12)22-18(24)14(9-19)10-20-15-6-5-13-11-21-23-17(13)8-15/h2-8,10-11,20H,1H3,(H,21,23)(H,22,24)/b14-10-. The van der Waals surface area contributed by atoms with Gasteiger partial charge in [0.05, 0.1) is 11.7 Å². The molecule has 6 nitrogen and oxygen atoms in total. The lowest BCUT2D eigenvalue weighted by Gasteiger charge is -2.06. The molecule has 24 heavy (non-hydrogen) atoms. The Labute approximate surface area is 138 Å². The molecule has 0 bridgehead atoms. The van der Waals surface area contributed by atoms with E-state index < -0.39 is 5.91 Å². The molecule has 0 aliphatic rings. The second-order valence-corrected chi connectivity index (χ2v) is 5.31. The number of hydrogen-bond acceptors (Lipinski definition) is 4. The van der Waals surface area contributed by atoms with Crippen LogP contribution in [-0.2, 0) is 4.79 Å². The lowest BCUT2D eigenvalue weighted by molar-refractivity contribution is -0.112. The van der Waals surface area contributed by atoms with Crippen LogP contribution in [0.4, 0.5) is 11.4 Å². The molecule has 1 aromatic heterocycles. The van der Waals surface area contributed by atoms with Gasteiger partial charge in [0.2, 0.25) is 0 Å². The van der Waals surface area contributed by atoms with Crippen LogP contribution in [0.15, 0.2) is 60.4 Å². The van der Waals surface area contributed by atoms with Crippen molar-refractivity contribution in [2.24, 2.45) is 0 Å². The van der Waals surface area contributed by atoms with Gasteiger partial charge in [0, 0.05) is 23.0 Å². The summed E-state index contributed by atoms with van der Waals surface area (Å²) in [5.74, 6) is -0.460. The van der Waals surface area contributed by atoms with E-state index in [4.69, 9.17) is 0 Å². The Hall–Kier alpha value is -3.59. The Morgan fingerprint density at radius 1 is 1.25 bits per heavy atom. The van der Waals surface area contributed by atoms with E-state index in [2.05, 4.69) is 20.8 Å². The number of rotatable bonds is 4. The fourth-order valence-electron chi connectivity index (χ4n) is 2.25. The lowest BCUT2D eigenvalue weighted by atomic mass is 10.2. The lowest BCUT2D eigenvalue weighted by Crippen LogP contribution is -2.14. The zero-order chi connectivity index (χ0) is 16.9. The van der Waals surface area contributed by atoms with Gasteiger partial charge in [-0.1, -0.05) is 12.1 Å². The SMILES string of the molecule is Cc1cccc(NC(=O)/C(C#N)=C\Nc2ccc3cn[nH]c3c2)c1. The molecule has 0 fully saturated rings. The van der Waals surface area contributed by atoms with Crippen molar-refractivity contribution in [3.8, 4) is 6.07 Å². The molecule has 3 aromatic rings. The Morgan fingerprint density at radius 3 is 2.92 bits per heavy atom. The van der Waals surface area contributed by atoms with Gasteiger partial charge in [0.25, 0.3) is 5.91 Å². The third-order valence-electron chi connectivity index (χ3n) is 3.47. The summed E-state index contributed by atoms with van der Waals surface area (Å²) in [6.07, 6.45) is 3.12. The fraction of sp³-hybridized carbons (Fsp3) is 0.0556. The van der Waals surface area contributed by atoms with E-state index in [1.54, 1.807) is 12.3 Å². The molecule has 0 spiro atoms. The summed E-state index contributed by atoms with van der Waals surface area (Å²) in [6, 6.07) is 14.9. The van der Waals surface area contributed by atoms with E-state index in [1.165, 1.54) is 6.20 Å². The van der Waals surface area contributed by atoms with Crippen molar-refractivity contribution in [2.45, 2.75) is 6.92 Å². The average Bonchev–Trinajstić information content (AvgIpc) is 3.03. The van der Waals surface area contributed by atoms with Gasteiger partial charge in [0.1, 0.15) is 11.6 Å². The Bertz CT molecular complexity index is 965. The smallest absolute Gasteiger partial charge is 0.267 e. The molecule has 3 N–H and O–H groups in total. The fourth-order valence-corrected chi connectivity index (χ4v) is 2.25. The van der Waals surface area contributed by atoms with E-state index in [-0.39, 0.29) is 5.57 Å². The van der Waals surface area contributed by atoms with Gasteiger partial charge in [-0.3, -0.25) is 9.89 Å². The van der Waals surface area contributed by atoms with Crippen molar-refractivity contribution in [2.75, 3.05) is 10.6 Å². The minimum atomic E-state index is -0.460. The molecule has 0 unspecified atom stereocenters. The van der Waals surface area contributed by atoms with Gasteiger partial charge in [0.15, 0.2) is 0 Å². The van der Waals surface area contributed by atoms with Gasteiger partial charge >= 0.3 is 0 Å². The van der Waals surface area contributed by atoms with Crippen LogP contribution in [0.25, 0.3) is 10.9 Å². The summed E-state index contributed by atoms with van der Waals surface area (Å²) < 4.78 is 0. The number of nitrogens with one attached hydrogen (secondary N) is 3. The van der Waals surface area contributed by atoms with Crippen molar-refractivity contribution in [1.82, 2.24) is 10.2 Å². The average molecular weight is 317 g/mol. The second kappa shape index (κ2) is 6.67. The van der Waals surface area contributed by atoms with Gasteiger partial charge in [-0.25, -0.2) is 0 Å². The molecule has 2 aromatic carbocycles. The van der Waals surface area contributed by atoms with Gasteiger partial charge < -0.3 is 10.6 Å². The quantitative estimate of drug-likeness (QED) is 0.508. The van der Waals surface area contributed by atoms with Crippen molar-refractivity contribution < 1.29 is 4.79 Å². The highest BCUT2D eigenvalue weighted by Crippen LogP contribution is 2.17. The Kier molecular flexibility index (Phi) is 4.25. The van der Waals surface area contributed by atoms with Crippen LogP contribution in [0.2, 0.25) is 0 Å². The molecule has 0 saturated heterocycles. The number of aromatic nitrogens is 2. The molecule has 0 saturated carbocycles. The van der Waals surface area contributed by atoms with E-state index in [0.717, 1.165) is 22.2 Å². The first-order chi connectivity index (χ1) is 11.7. The largest absolute Gasteiger partial charge is 0.360 e. The number of nitrogens with zero attached hydrogens (tertiary/aromatic N) is 2. The van der Waals surface area contributed by atoms with Crippen LogP contribution in [0.3, 0.4) is 0 Å². The van der Waals surface area contributed by atoms with Crippen LogP contribution in [0.1, 0.15) is 5.56 Å². The second-order valence-electron chi connectivity index (χ2n) is 5.31. The molecule has 0 aliphatic carbocycles. The minimum absolute atomic E-state index is 0.0128. The normalized spacial score (nSPS) is 11.1. The van der Waals surface area contributed by atoms with Crippen molar-refractivity contribution in [3.05, 3.63) is 66.0 Å². The van der Waals surface area contributed by atoms with Crippen molar-refractivity contribution in [3.63, 3.8) is 0 Å². The van der Waals surface area contributed by atoms with Crippen LogP contribution in [-0.4, -0.2) is 16.1 Å². The summed E-state index contributed by atoms with van der Waals surface area (Å²) in [6.45, 7) is 1.93. The number of amides is 1. The van der Waals surface area contributed by atoms with E-state index in [0.29, 0.717) is 5.69 Å². The molecular weight excluding hydrogens is 302 g/mol. The zero-order valence-electron chi connectivity index (χ0n) is 13.0. The van der Waals surface area contributed by atoms with E-state index >= 15 is 0 Å². The number of fused-ring (bicyclic) bond motifs is 1. The Balaban J connectivity index is 1.73. The first kappa shape index (κ1) is 15.3. The third-order valence-corrected chi connectivity index (χ3v) is 3.47. The van der Waals surface area contributed by atoms with Gasteiger partial charge in [-0.05, 0) is 42.8 Å². The molecule has 0 atom stereocenters. The minimum Gasteiger partial charge on any atom is -0.360 e. The van der Waals surface area contributed by atoms with E-state index in [1.807, 2.05) is 49.4 Å². The molecule has 0 aliphatic heterocycles. The number of anilines is 2. The first-order valence-electron chi connectivity index (χ1n) is 7.33. The molecule has 1 amide bonds. The third kappa shape index (κ3) is 3.42. The summed E-state index contributed by atoms with van der Waals surface area (Å²) in [5.41, 5.74) is 3.29. The molecule has 6 heteroatoms. The summed E-state index contributed by atoms with van der Waals surface area (Å²) in [5, 5.41) is 22.7. The molecule has 1 heterocycles. The van der Waals surface area contributed by atoms with Crippen LogP contribution in [0, 0.1) is 18.3 Å². The molecule has 3 rings (SSSR count). The number of benzene rings is 2. The number of aryl methyl sites for hydroxylation is 1. The van der Waals surface area contributed by atoms with Crippen LogP contribution in [0.5, 0.6) is 0 Å². The predicted molar refractivity (Wildman–Crippen MR) is 93.2 cm³/mol. The summed E-state index contributed by atoms with van der Waals surface area (Å²) in [4.78, 5) is 12.2. The number of aromatic amines is 1. The summed E-state index contributed by atoms with van der Waals surface area (Å²) in [7, 11) is 0. The van der Waals surface area contributed by atoms with Gasteiger partial charge in [-0.15, -0.1) is 0 Å². The summed E-state index contributed by atoms with van der Waals surface area (Å²) >= 11 is 0. The topological polar surface area (TPSA) is 93.6 Å². The molecule has 118 valence electrons. The van der Waals surface area contributed by atoms with Crippen molar-refractivity contribution >= 4 is 28.2 Å². The van der Waals surface area contributed by atoms with Crippen molar-refractivity contribution in [1.29, 1.82) is 5.26 Å². The van der Waals surface area contributed by atoms with E-state index in [9.17, 15) is 10.1 Å². The van der Waals surface area contributed by atoms with Crippen LogP contribution < -0.4 is 10.6 Å². The maximum Gasteiger partial charge on any atom is 0.267 e. The first-order valence-corrected chi connectivity index (χ1v) is 7.33. The highest BCUT2D eigenvalue weighted by Gasteiger charge is 2.09. The van der Waals surface area contributed by atoms with Crippen LogP contribution >= 0.6 is 0 Å². The predicted octanol–water partition coefficient (Wildman–Crippen LogP) is 3.33. The maximum absolute atomic E-state index is 12.2. The molecule has 0 radical (unpaired) electrons. The highest BCUT2D eigenvalue weighted by atomic mass is 16.1. The zero-order valence-corrected chi connectivity index (χ0v) is 13.0. The number of H-pyrrole nitrogens is 1.